The molecule has 0 atom stereocenters. The number of carbonyl (C=O) groups is 1. The molecular weight excluding hydrogens is 244 g/mol. The number of hydrogen-bond acceptors (Lipinski definition) is 5. The van der Waals surface area contributed by atoms with Crippen molar-refractivity contribution in [2.45, 2.75) is 6.54 Å². The Morgan fingerprint density at radius 1 is 1.26 bits per heavy atom. The lowest BCUT2D eigenvalue weighted by Crippen LogP contribution is -2.05. The number of hydrogen-bond donors (Lipinski definition) is 2. The first kappa shape index (κ1) is 12.5. The van der Waals surface area contributed by atoms with Gasteiger partial charge in [0, 0.05) is 18.9 Å². The van der Waals surface area contributed by atoms with Crippen molar-refractivity contribution in [1.29, 1.82) is 5.26 Å². The topological polar surface area (TPSA) is 98.9 Å². The second kappa shape index (κ2) is 5.60. The number of aromatic nitrogens is 2. The number of nitrogens with zero attached hydrogens (tertiary/aromatic N) is 3. The van der Waals surface area contributed by atoms with E-state index in [9.17, 15) is 4.79 Å². The predicted octanol–water partition coefficient (Wildman–Crippen LogP) is 1.66. The highest BCUT2D eigenvalue weighted by Crippen LogP contribution is 2.10. The minimum Gasteiger partial charge on any atom is -0.478 e. The number of anilines is 1. The van der Waals surface area contributed by atoms with E-state index >= 15 is 0 Å². The van der Waals surface area contributed by atoms with Crippen LogP contribution < -0.4 is 5.32 Å². The Kier molecular flexibility index (Phi) is 3.69. The van der Waals surface area contributed by atoms with Crippen LogP contribution in [0.5, 0.6) is 0 Å². The molecule has 6 nitrogen and oxygen atoms in total. The fourth-order valence-electron chi connectivity index (χ4n) is 1.50. The summed E-state index contributed by atoms with van der Waals surface area (Å²) >= 11 is 0. The van der Waals surface area contributed by atoms with Gasteiger partial charge in [-0.15, -0.1) is 0 Å². The highest BCUT2D eigenvalue weighted by atomic mass is 16.4. The molecule has 0 spiro atoms. The Balaban J connectivity index is 2.06. The Morgan fingerprint density at radius 2 is 1.95 bits per heavy atom. The number of carboxylic acid groups (broad SMARTS) is 1. The quantitative estimate of drug-likeness (QED) is 0.860. The molecule has 0 unspecified atom stereocenters. The highest BCUT2D eigenvalue weighted by molar-refractivity contribution is 5.87. The molecule has 0 amide bonds. The zero-order valence-electron chi connectivity index (χ0n) is 9.87. The van der Waals surface area contributed by atoms with Crippen molar-refractivity contribution in [2.24, 2.45) is 0 Å². The summed E-state index contributed by atoms with van der Waals surface area (Å²) in [4.78, 5) is 18.6. The van der Waals surface area contributed by atoms with Crippen LogP contribution >= 0.6 is 0 Å². The van der Waals surface area contributed by atoms with E-state index in [1.165, 1.54) is 24.5 Å². The molecule has 0 aliphatic carbocycles. The van der Waals surface area contributed by atoms with Crippen LogP contribution in [0, 0.1) is 11.3 Å². The smallest absolute Gasteiger partial charge is 0.335 e. The van der Waals surface area contributed by atoms with Gasteiger partial charge in [0.05, 0.1) is 5.56 Å². The molecule has 0 saturated heterocycles. The van der Waals surface area contributed by atoms with Crippen LogP contribution in [0.2, 0.25) is 0 Å². The predicted molar refractivity (Wildman–Crippen MR) is 67.5 cm³/mol. The molecule has 2 N–H and O–H groups in total. The maximum atomic E-state index is 10.7. The van der Waals surface area contributed by atoms with Crippen molar-refractivity contribution in [3.05, 3.63) is 53.5 Å². The van der Waals surface area contributed by atoms with Crippen molar-refractivity contribution in [1.82, 2.24) is 9.97 Å². The molecule has 0 fully saturated rings. The second-order valence-corrected chi connectivity index (χ2v) is 3.72. The fourth-order valence-corrected chi connectivity index (χ4v) is 1.50. The third-order valence-corrected chi connectivity index (χ3v) is 2.46. The Labute approximate surface area is 109 Å². The summed E-state index contributed by atoms with van der Waals surface area (Å²) in [6.45, 7) is 0.438. The Morgan fingerprint density at radius 3 is 2.58 bits per heavy atom. The van der Waals surface area contributed by atoms with Crippen LogP contribution in [0.3, 0.4) is 0 Å². The third-order valence-electron chi connectivity index (χ3n) is 2.46. The van der Waals surface area contributed by atoms with Gasteiger partial charge >= 0.3 is 5.97 Å². The summed E-state index contributed by atoms with van der Waals surface area (Å²) in [6, 6.07) is 8.41. The van der Waals surface area contributed by atoms with E-state index in [4.69, 9.17) is 10.4 Å². The lowest BCUT2D eigenvalue weighted by atomic mass is 10.1. The van der Waals surface area contributed by atoms with Crippen LogP contribution in [0.25, 0.3) is 0 Å². The molecule has 0 saturated carbocycles. The first-order valence-corrected chi connectivity index (χ1v) is 5.48. The van der Waals surface area contributed by atoms with Gasteiger partial charge in [0.15, 0.2) is 11.5 Å². The van der Waals surface area contributed by atoms with Gasteiger partial charge in [-0.1, -0.05) is 12.1 Å². The number of benzene rings is 1. The van der Waals surface area contributed by atoms with Crippen LogP contribution in [-0.4, -0.2) is 21.0 Å². The average Bonchev–Trinajstić information content (AvgIpc) is 2.45. The van der Waals surface area contributed by atoms with Crippen molar-refractivity contribution in [2.75, 3.05) is 5.32 Å². The van der Waals surface area contributed by atoms with Crippen molar-refractivity contribution < 1.29 is 9.90 Å². The monoisotopic (exact) mass is 254 g/mol. The van der Waals surface area contributed by atoms with Crippen molar-refractivity contribution in [3.8, 4) is 6.07 Å². The van der Waals surface area contributed by atoms with Gasteiger partial charge in [-0.05, 0) is 17.7 Å². The molecule has 1 aromatic carbocycles. The molecule has 1 aromatic heterocycles. The minimum atomic E-state index is -0.958. The van der Waals surface area contributed by atoms with Gasteiger partial charge in [-0.25, -0.2) is 14.8 Å². The number of nitriles is 1. The summed E-state index contributed by atoms with van der Waals surface area (Å²) in [7, 11) is 0. The molecule has 0 aliphatic rings. The van der Waals surface area contributed by atoms with Crippen LogP contribution in [0.1, 0.15) is 21.6 Å². The molecular formula is C13H10N4O2. The van der Waals surface area contributed by atoms with Gasteiger partial charge < -0.3 is 10.4 Å². The molecule has 94 valence electrons. The number of carboxylic acids is 1. The molecule has 2 aromatic rings. The first-order chi connectivity index (χ1) is 9.20. The summed E-state index contributed by atoms with van der Waals surface area (Å²) in [5.74, 6) is -0.549. The van der Waals surface area contributed by atoms with Crippen molar-refractivity contribution >= 4 is 11.8 Å². The fraction of sp³-hybridized carbons (Fsp3) is 0.0769. The maximum Gasteiger partial charge on any atom is 0.335 e. The van der Waals surface area contributed by atoms with Gasteiger partial charge in [0.25, 0.3) is 0 Å². The number of aromatic carboxylic acids is 1. The minimum absolute atomic E-state index is 0.227. The van der Waals surface area contributed by atoms with Crippen molar-refractivity contribution in [3.63, 3.8) is 0 Å². The number of nitrogens with one attached hydrogen (secondary N) is 1. The van der Waals surface area contributed by atoms with Gasteiger partial charge in [-0.2, -0.15) is 5.26 Å². The molecule has 0 radical (unpaired) electrons. The third kappa shape index (κ3) is 3.04. The average molecular weight is 254 g/mol. The lowest BCUT2D eigenvalue weighted by Gasteiger charge is -2.06. The zero-order chi connectivity index (χ0) is 13.7. The van der Waals surface area contributed by atoms with E-state index in [0.717, 1.165) is 5.56 Å². The van der Waals surface area contributed by atoms with E-state index in [2.05, 4.69) is 15.3 Å². The van der Waals surface area contributed by atoms with Gasteiger partial charge in [0.2, 0.25) is 0 Å². The zero-order valence-corrected chi connectivity index (χ0v) is 9.87. The van der Waals surface area contributed by atoms with E-state index < -0.39 is 5.97 Å². The van der Waals surface area contributed by atoms with Crippen LogP contribution in [-0.2, 0) is 6.54 Å². The Bertz CT molecular complexity index is 632. The maximum absolute atomic E-state index is 10.7. The molecule has 0 aliphatic heterocycles. The Hall–Kier alpha value is -2.94. The summed E-state index contributed by atoms with van der Waals surface area (Å²) in [6.07, 6.45) is 2.95. The normalized spacial score (nSPS) is 9.63. The second-order valence-electron chi connectivity index (χ2n) is 3.72. The molecule has 1 heterocycles. The van der Waals surface area contributed by atoms with Crippen LogP contribution in [0.15, 0.2) is 36.7 Å². The molecule has 2 rings (SSSR count). The highest BCUT2D eigenvalue weighted by Gasteiger charge is 2.04. The molecule has 0 bridgehead atoms. The SMILES string of the molecule is N#Cc1nccnc1NCc1ccc(C(=O)O)cc1. The summed E-state index contributed by atoms with van der Waals surface area (Å²) in [5.41, 5.74) is 1.35. The van der Waals surface area contributed by atoms with E-state index in [0.29, 0.717) is 12.4 Å². The number of rotatable bonds is 4. The van der Waals surface area contributed by atoms with Gasteiger partial charge in [-0.3, -0.25) is 0 Å². The van der Waals surface area contributed by atoms with E-state index in [1.807, 2.05) is 6.07 Å². The summed E-state index contributed by atoms with van der Waals surface area (Å²) < 4.78 is 0. The molecule has 19 heavy (non-hydrogen) atoms. The van der Waals surface area contributed by atoms with E-state index in [1.54, 1.807) is 12.1 Å². The van der Waals surface area contributed by atoms with Gasteiger partial charge in [0.1, 0.15) is 6.07 Å². The lowest BCUT2D eigenvalue weighted by molar-refractivity contribution is 0.0697. The first-order valence-electron chi connectivity index (χ1n) is 5.48. The van der Waals surface area contributed by atoms with Crippen LogP contribution in [0.4, 0.5) is 5.82 Å². The molecule has 6 heteroatoms. The summed E-state index contributed by atoms with van der Waals surface area (Å²) in [5, 5.41) is 20.6. The van der Waals surface area contributed by atoms with E-state index in [-0.39, 0.29) is 11.3 Å². The largest absolute Gasteiger partial charge is 0.478 e. The standard InChI is InChI=1S/C13H10N4O2/c14-7-11-12(16-6-5-15-11)17-8-9-1-3-10(4-2-9)13(18)19/h1-6H,8H2,(H,16,17)(H,18,19).